The van der Waals surface area contributed by atoms with Crippen LogP contribution in [0, 0.1) is 0 Å². The smallest absolute Gasteiger partial charge is 0.269 e. The summed E-state index contributed by atoms with van der Waals surface area (Å²) in [5.74, 6) is -0.195. The van der Waals surface area contributed by atoms with Crippen LogP contribution < -0.4 is 5.32 Å². The van der Waals surface area contributed by atoms with Crippen molar-refractivity contribution < 1.29 is 4.79 Å². The number of aromatic nitrogens is 2. The third-order valence-electron chi connectivity index (χ3n) is 2.18. The lowest BCUT2D eigenvalue weighted by molar-refractivity contribution is 0.102. The van der Waals surface area contributed by atoms with Crippen molar-refractivity contribution in [3.63, 3.8) is 0 Å². The van der Waals surface area contributed by atoms with E-state index in [0.717, 1.165) is 17.2 Å². The Bertz CT molecular complexity index is 541. The van der Waals surface area contributed by atoms with Crippen molar-refractivity contribution >= 4 is 34.7 Å². The Labute approximate surface area is 108 Å². The lowest BCUT2D eigenvalue weighted by Crippen LogP contribution is -2.12. The number of anilines is 1. The van der Waals surface area contributed by atoms with Gasteiger partial charge in [0.15, 0.2) is 0 Å². The van der Waals surface area contributed by atoms with E-state index < -0.39 is 0 Å². The molecule has 2 rings (SSSR count). The van der Waals surface area contributed by atoms with Gasteiger partial charge < -0.3 is 5.32 Å². The maximum Gasteiger partial charge on any atom is 0.269 e. The van der Waals surface area contributed by atoms with Gasteiger partial charge in [0.25, 0.3) is 5.91 Å². The van der Waals surface area contributed by atoms with Gasteiger partial charge in [-0.1, -0.05) is 29.1 Å². The van der Waals surface area contributed by atoms with E-state index in [-0.39, 0.29) is 5.91 Å². The van der Waals surface area contributed by atoms with Crippen molar-refractivity contribution in [3.8, 4) is 0 Å². The van der Waals surface area contributed by atoms with Crippen LogP contribution in [0.5, 0.6) is 0 Å². The average molecular weight is 268 g/mol. The van der Waals surface area contributed by atoms with Gasteiger partial charge in [-0.15, -0.1) is 5.10 Å². The van der Waals surface area contributed by atoms with Gasteiger partial charge in [0, 0.05) is 10.7 Å². The van der Waals surface area contributed by atoms with Gasteiger partial charge in [0.1, 0.15) is 4.88 Å². The number of hydrogen-bond donors (Lipinski definition) is 1. The zero-order valence-electron chi connectivity index (χ0n) is 9.11. The Morgan fingerprint density at radius 1 is 1.53 bits per heavy atom. The molecule has 17 heavy (non-hydrogen) atoms. The van der Waals surface area contributed by atoms with Crippen molar-refractivity contribution in [2.24, 2.45) is 0 Å². The van der Waals surface area contributed by atoms with Crippen molar-refractivity contribution in [2.45, 2.75) is 13.3 Å². The highest BCUT2D eigenvalue weighted by Crippen LogP contribution is 2.18. The molecule has 0 saturated carbocycles. The number of carbonyl (C=O) groups is 1. The van der Waals surface area contributed by atoms with Gasteiger partial charge in [0.05, 0.1) is 5.69 Å². The third kappa shape index (κ3) is 2.81. The second kappa shape index (κ2) is 5.25. The number of halogens is 1. The number of benzene rings is 1. The highest BCUT2D eigenvalue weighted by Gasteiger charge is 2.14. The second-order valence-electron chi connectivity index (χ2n) is 3.37. The SMILES string of the molecule is CCc1nnsc1C(=O)Nc1cccc(Cl)c1. The highest BCUT2D eigenvalue weighted by molar-refractivity contribution is 7.08. The van der Waals surface area contributed by atoms with E-state index in [1.807, 2.05) is 6.92 Å². The molecule has 1 N–H and O–H groups in total. The lowest BCUT2D eigenvalue weighted by Gasteiger charge is -2.04. The molecule has 1 aromatic heterocycles. The van der Waals surface area contributed by atoms with E-state index in [4.69, 9.17) is 11.6 Å². The molecule has 1 aromatic carbocycles. The van der Waals surface area contributed by atoms with E-state index in [1.165, 1.54) is 0 Å². The molecule has 6 heteroatoms. The van der Waals surface area contributed by atoms with Crippen LogP contribution in [0.3, 0.4) is 0 Å². The molecule has 0 aliphatic heterocycles. The number of rotatable bonds is 3. The number of nitrogens with one attached hydrogen (secondary N) is 1. The molecule has 0 bridgehead atoms. The maximum absolute atomic E-state index is 11.9. The van der Waals surface area contributed by atoms with E-state index in [9.17, 15) is 4.79 Å². The summed E-state index contributed by atoms with van der Waals surface area (Å²) in [4.78, 5) is 12.5. The standard InChI is InChI=1S/C11H10ClN3OS/c1-2-9-10(17-15-14-9)11(16)13-8-5-3-4-7(12)6-8/h3-6H,2H2,1H3,(H,13,16). The molecule has 2 aromatic rings. The minimum absolute atomic E-state index is 0.195. The second-order valence-corrected chi connectivity index (χ2v) is 4.56. The largest absolute Gasteiger partial charge is 0.321 e. The maximum atomic E-state index is 11.9. The average Bonchev–Trinajstić information content (AvgIpc) is 2.77. The summed E-state index contributed by atoms with van der Waals surface area (Å²) in [6.45, 7) is 1.94. The fraction of sp³-hybridized carbons (Fsp3) is 0.182. The number of nitrogens with zero attached hydrogens (tertiary/aromatic N) is 2. The van der Waals surface area contributed by atoms with Crippen molar-refractivity contribution in [1.82, 2.24) is 9.59 Å². The minimum Gasteiger partial charge on any atom is -0.321 e. The number of aryl methyl sites for hydroxylation is 1. The molecule has 0 radical (unpaired) electrons. The van der Waals surface area contributed by atoms with Crippen LogP contribution in [0.4, 0.5) is 5.69 Å². The van der Waals surface area contributed by atoms with Gasteiger partial charge in [0.2, 0.25) is 0 Å². The van der Waals surface area contributed by atoms with Crippen LogP contribution in [0.15, 0.2) is 24.3 Å². The normalized spacial score (nSPS) is 10.2. The van der Waals surface area contributed by atoms with Gasteiger partial charge in [-0.05, 0) is 36.2 Å². The monoisotopic (exact) mass is 267 g/mol. The van der Waals surface area contributed by atoms with E-state index in [0.29, 0.717) is 22.0 Å². The Morgan fingerprint density at radius 2 is 2.35 bits per heavy atom. The molecule has 0 atom stereocenters. The summed E-state index contributed by atoms with van der Waals surface area (Å²) in [5, 5.41) is 7.25. The van der Waals surface area contributed by atoms with Crippen molar-refractivity contribution in [3.05, 3.63) is 39.9 Å². The van der Waals surface area contributed by atoms with Crippen molar-refractivity contribution in [2.75, 3.05) is 5.32 Å². The van der Waals surface area contributed by atoms with Crippen LogP contribution in [-0.4, -0.2) is 15.5 Å². The minimum atomic E-state index is -0.195. The molecule has 1 heterocycles. The van der Waals surface area contributed by atoms with Crippen LogP contribution in [0.25, 0.3) is 0 Å². The van der Waals surface area contributed by atoms with Gasteiger partial charge in [-0.25, -0.2) is 0 Å². The molecule has 0 aliphatic rings. The van der Waals surface area contributed by atoms with Gasteiger partial charge in [-0.2, -0.15) is 0 Å². The summed E-state index contributed by atoms with van der Waals surface area (Å²) in [7, 11) is 0. The van der Waals surface area contributed by atoms with Crippen LogP contribution in [0.2, 0.25) is 5.02 Å². The number of hydrogen-bond acceptors (Lipinski definition) is 4. The fourth-order valence-corrected chi connectivity index (χ4v) is 2.20. The van der Waals surface area contributed by atoms with E-state index >= 15 is 0 Å². The lowest BCUT2D eigenvalue weighted by atomic mass is 10.2. The Morgan fingerprint density at radius 3 is 3.06 bits per heavy atom. The summed E-state index contributed by atoms with van der Waals surface area (Å²) in [6.07, 6.45) is 0.689. The van der Waals surface area contributed by atoms with Crippen LogP contribution in [0.1, 0.15) is 22.3 Å². The summed E-state index contributed by atoms with van der Waals surface area (Å²) >= 11 is 6.94. The molecule has 0 fully saturated rings. The molecular weight excluding hydrogens is 258 g/mol. The van der Waals surface area contributed by atoms with Gasteiger partial charge >= 0.3 is 0 Å². The first-order valence-corrected chi connectivity index (χ1v) is 6.24. The highest BCUT2D eigenvalue weighted by atomic mass is 35.5. The van der Waals surface area contributed by atoms with Crippen LogP contribution in [-0.2, 0) is 6.42 Å². The first kappa shape index (κ1) is 12.0. The molecule has 88 valence electrons. The summed E-state index contributed by atoms with van der Waals surface area (Å²) in [6, 6.07) is 7.01. The molecular formula is C11H10ClN3OS. The summed E-state index contributed by atoms with van der Waals surface area (Å²) < 4.78 is 3.78. The molecule has 1 amide bonds. The van der Waals surface area contributed by atoms with Crippen molar-refractivity contribution in [1.29, 1.82) is 0 Å². The first-order chi connectivity index (χ1) is 8.20. The quantitative estimate of drug-likeness (QED) is 0.930. The predicted octanol–water partition coefficient (Wildman–Crippen LogP) is 3.01. The fourth-order valence-electron chi connectivity index (χ4n) is 1.37. The predicted molar refractivity (Wildman–Crippen MR) is 68.7 cm³/mol. The molecule has 0 saturated heterocycles. The molecule has 0 spiro atoms. The van der Waals surface area contributed by atoms with E-state index in [2.05, 4.69) is 14.9 Å². The van der Waals surface area contributed by atoms with Crippen LogP contribution >= 0.6 is 23.1 Å². The first-order valence-electron chi connectivity index (χ1n) is 5.09. The molecule has 4 nitrogen and oxygen atoms in total. The van der Waals surface area contributed by atoms with E-state index in [1.54, 1.807) is 24.3 Å². The molecule has 0 unspecified atom stereocenters. The number of amides is 1. The zero-order chi connectivity index (χ0) is 12.3. The topological polar surface area (TPSA) is 54.9 Å². The Kier molecular flexibility index (Phi) is 3.71. The Hall–Kier alpha value is -1.46. The third-order valence-corrected chi connectivity index (χ3v) is 3.18. The molecule has 0 aliphatic carbocycles. The number of carbonyl (C=O) groups excluding carboxylic acids is 1. The van der Waals surface area contributed by atoms with Gasteiger partial charge in [-0.3, -0.25) is 4.79 Å². The Balaban J connectivity index is 2.17. The summed E-state index contributed by atoms with van der Waals surface area (Å²) in [5.41, 5.74) is 1.38. The zero-order valence-corrected chi connectivity index (χ0v) is 10.7.